The Hall–Kier alpha value is -3.46. The third-order valence-electron chi connectivity index (χ3n) is 15.8. The molecule has 1 aliphatic heterocycles. The van der Waals surface area contributed by atoms with Crippen LogP contribution in [0.2, 0.25) is 0 Å². The first-order chi connectivity index (χ1) is 27.3. The molecule has 2 fully saturated rings. The number of allylic oxidation sites excluding steroid dienone is 16. The topological polar surface area (TPSA) is 24.1 Å². The van der Waals surface area contributed by atoms with Crippen LogP contribution in [0.15, 0.2) is 150 Å². The van der Waals surface area contributed by atoms with Gasteiger partial charge in [-0.05, 0) is 143 Å². The fraction of sp³-hybridized carbons (Fsp3) is 0.509. The molecule has 1 aromatic rings. The Labute approximate surface area is 332 Å². The first kappa shape index (κ1) is 35.9. The van der Waals surface area contributed by atoms with Crippen LogP contribution in [0, 0.1) is 46.8 Å². The Kier molecular flexibility index (Phi) is 10.3. The van der Waals surface area contributed by atoms with Crippen molar-refractivity contribution in [2.24, 2.45) is 46.8 Å². The zero-order chi connectivity index (χ0) is 36.6. The SMILES string of the molecule is C1=CCCC(C2(C3=CC=CCC3)C3=CC(C4C=CC(C5NC(C6C=CCCC6)NC(C6C=CCCC6)C5c5ccccc5)=CC4)CCC3C3C=CCCC32)=C1. The highest BCUT2D eigenvalue weighted by Gasteiger charge is 2.59. The minimum absolute atomic E-state index is 0.112. The molecular formula is C53H64N2. The van der Waals surface area contributed by atoms with Gasteiger partial charge in [0.1, 0.15) is 0 Å². The van der Waals surface area contributed by atoms with Gasteiger partial charge in [0.2, 0.25) is 0 Å². The lowest BCUT2D eigenvalue weighted by atomic mass is 9.58. The largest absolute Gasteiger partial charge is 0.297 e. The van der Waals surface area contributed by atoms with Crippen molar-refractivity contribution >= 4 is 0 Å². The first-order valence-electron chi connectivity index (χ1n) is 22.7. The van der Waals surface area contributed by atoms with Crippen LogP contribution in [-0.4, -0.2) is 18.2 Å². The highest BCUT2D eigenvalue weighted by Crippen LogP contribution is 2.68. The van der Waals surface area contributed by atoms with E-state index < -0.39 is 0 Å². The van der Waals surface area contributed by atoms with Crippen LogP contribution in [-0.2, 0) is 0 Å². The maximum absolute atomic E-state index is 4.30. The van der Waals surface area contributed by atoms with E-state index in [-0.39, 0.29) is 5.41 Å². The Morgan fingerprint density at radius 1 is 0.618 bits per heavy atom. The summed E-state index contributed by atoms with van der Waals surface area (Å²) in [7, 11) is 0. The number of benzene rings is 1. The van der Waals surface area contributed by atoms with Crippen LogP contribution in [0.5, 0.6) is 0 Å². The van der Waals surface area contributed by atoms with E-state index in [1.807, 2.05) is 5.57 Å². The lowest BCUT2D eigenvalue weighted by Crippen LogP contribution is -2.66. The van der Waals surface area contributed by atoms with E-state index in [0.29, 0.717) is 65.6 Å². The molecule has 55 heavy (non-hydrogen) atoms. The Morgan fingerprint density at radius 2 is 1.36 bits per heavy atom. The van der Waals surface area contributed by atoms with Gasteiger partial charge in [0.25, 0.3) is 0 Å². The molecule has 2 heteroatoms. The predicted octanol–water partition coefficient (Wildman–Crippen LogP) is 12.3. The van der Waals surface area contributed by atoms with Crippen molar-refractivity contribution in [3.05, 3.63) is 155 Å². The van der Waals surface area contributed by atoms with Crippen molar-refractivity contribution in [3.8, 4) is 0 Å². The molecule has 0 spiro atoms. The minimum Gasteiger partial charge on any atom is -0.297 e. The molecular weight excluding hydrogens is 665 g/mol. The second-order valence-electron chi connectivity index (χ2n) is 18.5. The molecule has 10 rings (SSSR count). The number of nitrogens with one attached hydrogen (secondary N) is 2. The average Bonchev–Trinajstić information content (AvgIpc) is 3.58. The molecule has 1 aromatic carbocycles. The van der Waals surface area contributed by atoms with Gasteiger partial charge >= 0.3 is 0 Å². The van der Waals surface area contributed by atoms with Gasteiger partial charge in [-0.25, -0.2) is 0 Å². The van der Waals surface area contributed by atoms with Crippen LogP contribution in [0.3, 0.4) is 0 Å². The molecule has 2 N–H and O–H groups in total. The summed E-state index contributed by atoms with van der Waals surface area (Å²) in [5.41, 5.74) is 8.39. The van der Waals surface area contributed by atoms with E-state index >= 15 is 0 Å². The Balaban J connectivity index is 0.987. The summed E-state index contributed by atoms with van der Waals surface area (Å²) in [4.78, 5) is 0. The molecule has 286 valence electrons. The lowest BCUT2D eigenvalue weighted by Gasteiger charge is -2.50. The van der Waals surface area contributed by atoms with Gasteiger partial charge in [0.05, 0.1) is 6.17 Å². The van der Waals surface area contributed by atoms with Gasteiger partial charge in [0.15, 0.2) is 0 Å². The van der Waals surface area contributed by atoms with Crippen molar-refractivity contribution in [1.82, 2.24) is 10.6 Å². The lowest BCUT2D eigenvalue weighted by molar-refractivity contribution is 0.156. The fourth-order valence-electron chi connectivity index (χ4n) is 13.4. The molecule has 1 saturated carbocycles. The van der Waals surface area contributed by atoms with Crippen LogP contribution in [0.4, 0.5) is 0 Å². The van der Waals surface area contributed by atoms with Crippen LogP contribution in [0.1, 0.15) is 108 Å². The third-order valence-corrected chi connectivity index (χ3v) is 15.8. The summed E-state index contributed by atoms with van der Waals surface area (Å²) < 4.78 is 0. The quantitative estimate of drug-likeness (QED) is 0.273. The molecule has 0 aromatic heterocycles. The summed E-state index contributed by atoms with van der Waals surface area (Å²) in [6.45, 7) is 0. The van der Waals surface area contributed by atoms with Gasteiger partial charge < -0.3 is 0 Å². The normalized spacial score (nSPS) is 39.1. The van der Waals surface area contributed by atoms with Crippen molar-refractivity contribution < 1.29 is 0 Å². The van der Waals surface area contributed by atoms with Crippen LogP contribution >= 0.6 is 0 Å². The number of fused-ring (bicyclic) bond motifs is 3. The summed E-state index contributed by atoms with van der Waals surface area (Å²) in [6.07, 6.45) is 59.8. The van der Waals surface area contributed by atoms with E-state index in [1.165, 1.54) is 101 Å². The average molecular weight is 729 g/mol. The standard InChI is InChI=1S/C53H64N2/c1-6-18-38(19-7-1)49-50(39-20-8-2-9-21-39)54-52(41-22-10-3-11-23-41)55-51(49)40-32-30-37(31-33-40)42-34-35-46-45-28-16-17-29-47(45)53(48(46)36-42,43-24-12-4-13-25-43)44-26-14-5-15-27-44/h1,4-8,10,12,14,16,18-20,22,24,26,28,30,32-33,36-37,39,41-42,45-47,49-52,54-55H,2-3,9,11,13,15,17,21,23,25,27,29,31,34-35H2. The molecule has 11 unspecified atom stereocenters. The zero-order valence-corrected chi connectivity index (χ0v) is 33.1. The van der Waals surface area contributed by atoms with Crippen molar-refractivity contribution in [1.29, 1.82) is 0 Å². The monoisotopic (exact) mass is 729 g/mol. The maximum atomic E-state index is 4.30. The third kappa shape index (κ3) is 6.58. The summed E-state index contributed by atoms with van der Waals surface area (Å²) >= 11 is 0. The van der Waals surface area contributed by atoms with Crippen LogP contribution in [0.25, 0.3) is 0 Å². The Bertz CT molecular complexity index is 1840. The summed E-state index contributed by atoms with van der Waals surface area (Å²) in [5, 5.41) is 8.58. The molecule has 2 nitrogen and oxygen atoms in total. The molecule has 8 aliphatic carbocycles. The molecule has 1 saturated heterocycles. The van der Waals surface area contributed by atoms with Gasteiger partial charge in [-0.15, -0.1) is 0 Å². The fourth-order valence-corrected chi connectivity index (χ4v) is 13.4. The maximum Gasteiger partial charge on any atom is 0.0643 e. The first-order valence-corrected chi connectivity index (χ1v) is 22.7. The second-order valence-corrected chi connectivity index (χ2v) is 18.5. The molecule has 1 heterocycles. The van der Waals surface area contributed by atoms with Gasteiger partial charge in [0, 0.05) is 29.3 Å². The van der Waals surface area contributed by atoms with Crippen molar-refractivity contribution in [3.63, 3.8) is 0 Å². The van der Waals surface area contributed by atoms with E-state index in [1.54, 1.807) is 11.1 Å². The molecule has 11 atom stereocenters. The van der Waals surface area contributed by atoms with E-state index in [9.17, 15) is 0 Å². The smallest absolute Gasteiger partial charge is 0.0643 e. The van der Waals surface area contributed by atoms with Gasteiger partial charge in [-0.2, -0.15) is 0 Å². The molecule has 0 bridgehead atoms. The number of hydrogen-bond acceptors (Lipinski definition) is 2. The highest BCUT2D eigenvalue weighted by atomic mass is 15.2. The number of hydrogen-bond donors (Lipinski definition) is 2. The van der Waals surface area contributed by atoms with Crippen molar-refractivity contribution in [2.45, 2.75) is 120 Å². The summed E-state index contributed by atoms with van der Waals surface area (Å²) in [5.74, 6) is 4.75. The van der Waals surface area contributed by atoms with E-state index in [2.05, 4.69) is 138 Å². The van der Waals surface area contributed by atoms with Crippen molar-refractivity contribution in [2.75, 3.05) is 0 Å². The zero-order valence-electron chi connectivity index (χ0n) is 33.1. The molecule has 0 amide bonds. The Morgan fingerprint density at radius 3 is 2.04 bits per heavy atom. The second kappa shape index (κ2) is 15.8. The van der Waals surface area contributed by atoms with E-state index in [4.69, 9.17) is 0 Å². The number of rotatable bonds is 7. The van der Waals surface area contributed by atoms with Gasteiger partial charge in [-0.1, -0.05) is 144 Å². The predicted molar refractivity (Wildman–Crippen MR) is 230 cm³/mol. The summed E-state index contributed by atoms with van der Waals surface area (Å²) in [6, 6.07) is 12.2. The molecule has 9 aliphatic rings. The van der Waals surface area contributed by atoms with Crippen LogP contribution < -0.4 is 10.6 Å². The van der Waals surface area contributed by atoms with Gasteiger partial charge in [-0.3, -0.25) is 10.6 Å². The van der Waals surface area contributed by atoms with E-state index in [0.717, 1.165) is 6.42 Å². The molecule has 0 radical (unpaired) electrons. The highest BCUT2D eigenvalue weighted by molar-refractivity contribution is 5.53. The minimum atomic E-state index is 0.112.